The number of hydrogen-bond donors (Lipinski definition) is 1. The maximum Gasteiger partial charge on any atom is 0.240 e. The van der Waals surface area contributed by atoms with Crippen molar-refractivity contribution in [2.75, 3.05) is 13.7 Å². The number of carbonyl (C=O) groups is 1. The summed E-state index contributed by atoms with van der Waals surface area (Å²) in [6, 6.07) is 11.7. The molecule has 0 fully saturated rings. The van der Waals surface area contributed by atoms with Crippen LogP contribution in [0.2, 0.25) is 0 Å². The van der Waals surface area contributed by atoms with Gasteiger partial charge in [-0.3, -0.25) is 4.79 Å². The summed E-state index contributed by atoms with van der Waals surface area (Å²) in [7, 11) is 1.60. The molecule has 0 radical (unpaired) electrons. The van der Waals surface area contributed by atoms with Crippen LogP contribution in [-0.4, -0.2) is 25.7 Å². The topological polar surface area (TPSA) is 62.1 Å². The fourth-order valence-corrected chi connectivity index (χ4v) is 1.67. The van der Waals surface area contributed by atoms with E-state index >= 15 is 0 Å². The molecule has 0 heterocycles. The molecule has 4 heteroatoms. The lowest BCUT2D eigenvalue weighted by Crippen LogP contribution is -2.45. The molecule has 1 atom stereocenters. The number of amides is 1. The highest BCUT2D eigenvalue weighted by Crippen LogP contribution is 2.14. The number of nitriles is 1. The second-order valence-electron chi connectivity index (χ2n) is 5.05. The minimum Gasteiger partial charge on any atom is -0.383 e. The molecule has 102 valence electrons. The number of rotatable bonds is 6. The van der Waals surface area contributed by atoms with Crippen LogP contribution in [0.4, 0.5) is 0 Å². The first-order chi connectivity index (χ1) is 8.99. The normalized spacial score (nSPS) is 12.5. The summed E-state index contributed by atoms with van der Waals surface area (Å²) in [6.45, 7) is 3.63. The van der Waals surface area contributed by atoms with Crippen LogP contribution in [0.15, 0.2) is 30.3 Å². The molecule has 0 unspecified atom stereocenters. The number of benzene rings is 1. The van der Waals surface area contributed by atoms with Gasteiger partial charge in [0.05, 0.1) is 18.7 Å². The first-order valence-corrected chi connectivity index (χ1v) is 6.24. The summed E-state index contributed by atoms with van der Waals surface area (Å²) in [4.78, 5) is 12.0. The van der Waals surface area contributed by atoms with E-state index in [0.717, 1.165) is 5.56 Å². The molecule has 0 saturated heterocycles. The van der Waals surface area contributed by atoms with Crippen molar-refractivity contribution in [3.63, 3.8) is 0 Å². The summed E-state index contributed by atoms with van der Waals surface area (Å²) in [5, 5.41) is 11.8. The van der Waals surface area contributed by atoms with Crippen molar-refractivity contribution in [2.24, 2.45) is 5.41 Å². The fourth-order valence-electron chi connectivity index (χ4n) is 1.67. The molecular formula is C15H20N2O2. The largest absolute Gasteiger partial charge is 0.383 e. The van der Waals surface area contributed by atoms with Gasteiger partial charge in [-0.15, -0.1) is 0 Å². The standard InChI is InChI=1S/C15H20N2O2/c1-15(2,11-16)14(18)17-13(10-19-3)9-12-7-5-4-6-8-12/h4-8,13H,9-10H2,1-3H3,(H,17,18)/t13-/m1/s1. The van der Waals surface area contributed by atoms with Crippen LogP contribution in [0.25, 0.3) is 0 Å². The molecule has 0 saturated carbocycles. The van der Waals surface area contributed by atoms with E-state index in [-0.39, 0.29) is 11.9 Å². The molecule has 1 amide bonds. The molecule has 1 aromatic rings. The summed E-state index contributed by atoms with van der Waals surface area (Å²) in [5.74, 6) is -0.270. The minimum absolute atomic E-state index is 0.132. The molecule has 1 N–H and O–H groups in total. The zero-order chi connectivity index (χ0) is 14.3. The van der Waals surface area contributed by atoms with Crippen LogP contribution in [0, 0.1) is 16.7 Å². The predicted octanol–water partition coefficient (Wildman–Crippen LogP) is 1.91. The Morgan fingerprint density at radius 2 is 2.05 bits per heavy atom. The van der Waals surface area contributed by atoms with E-state index in [9.17, 15) is 4.79 Å². The van der Waals surface area contributed by atoms with E-state index in [1.54, 1.807) is 21.0 Å². The van der Waals surface area contributed by atoms with Crippen LogP contribution in [0.1, 0.15) is 19.4 Å². The van der Waals surface area contributed by atoms with Crippen molar-refractivity contribution in [2.45, 2.75) is 26.3 Å². The van der Waals surface area contributed by atoms with Crippen molar-refractivity contribution < 1.29 is 9.53 Å². The Balaban J connectivity index is 2.69. The van der Waals surface area contributed by atoms with E-state index in [1.807, 2.05) is 36.4 Å². The number of nitrogens with one attached hydrogen (secondary N) is 1. The lowest BCUT2D eigenvalue weighted by atomic mass is 9.94. The van der Waals surface area contributed by atoms with E-state index in [0.29, 0.717) is 13.0 Å². The van der Waals surface area contributed by atoms with Crippen molar-refractivity contribution in [3.8, 4) is 6.07 Å². The van der Waals surface area contributed by atoms with E-state index in [4.69, 9.17) is 10.00 Å². The van der Waals surface area contributed by atoms with Gasteiger partial charge in [0.1, 0.15) is 5.41 Å². The van der Waals surface area contributed by atoms with Crippen molar-refractivity contribution >= 4 is 5.91 Å². The highest BCUT2D eigenvalue weighted by atomic mass is 16.5. The third-order valence-corrected chi connectivity index (χ3v) is 2.88. The Kier molecular flexibility index (Phi) is 5.53. The Hall–Kier alpha value is -1.86. The van der Waals surface area contributed by atoms with E-state index in [1.165, 1.54) is 0 Å². The number of ether oxygens (including phenoxy) is 1. The molecule has 1 aromatic carbocycles. The number of carbonyl (C=O) groups excluding carboxylic acids is 1. The van der Waals surface area contributed by atoms with Gasteiger partial charge in [0, 0.05) is 7.11 Å². The number of nitrogens with zero attached hydrogens (tertiary/aromatic N) is 1. The van der Waals surface area contributed by atoms with E-state index in [2.05, 4.69) is 5.32 Å². The third-order valence-electron chi connectivity index (χ3n) is 2.88. The maximum atomic E-state index is 12.0. The molecule has 0 aliphatic heterocycles. The van der Waals surface area contributed by atoms with Crippen LogP contribution < -0.4 is 5.32 Å². The van der Waals surface area contributed by atoms with Crippen LogP contribution in [0.5, 0.6) is 0 Å². The van der Waals surface area contributed by atoms with Gasteiger partial charge in [-0.1, -0.05) is 30.3 Å². The monoisotopic (exact) mass is 260 g/mol. The predicted molar refractivity (Wildman–Crippen MR) is 73.3 cm³/mol. The number of methoxy groups -OCH3 is 1. The van der Waals surface area contributed by atoms with Gasteiger partial charge in [-0.2, -0.15) is 5.26 Å². The highest BCUT2D eigenvalue weighted by Gasteiger charge is 2.29. The quantitative estimate of drug-likeness (QED) is 0.850. The van der Waals surface area contributed by atoms with E-state index < -0.39 is 5.41 Å². The highest BCUT2D eigenvalue weighted by molar-refractivity contribution is 5.84. The summed E-state index contributed by atoms with van der Waals surface area (Å²) >= 11 is 0. The lowest BCUT2D eigenvalue weighted by Gasteiger charge is -2.22. The van der Waals surface area contributed by atoms with Crippen molar-refractivity contribution in [1.29, 1.82) is 5.26 Å². The van der Waals surface area contributed by atoms with Gasteiger partial charge < -0.3 is 10.1 Å². The Morgan fingerprint density at radius 3 is 2.58 bits per heavy atom. The zero-order valence-electron chi connectivity index (χ0n) is 11.6. The second-order valence-corrected chi connectivity index (χ2v) is 5.05. The van der Waals surface area contributed by atoms with Gasteiger partial charge in [-0.05, 0) is 25.8 Å². The Bertz CT molecular complexity index is 449. The minimum atomic E-state index is -1.03. The molecular weight excluding hydrogens is 240 g/mol. The molecule has 4 nitrogen and oxygen atoms in total. The van der Waals surface area contributed by atoms with Crippen molar-refractivity contribution in [3.05, 3.63) is 35.9 Å². The fraction of sp³-hybridized carbons (Fsp3) is 0.467. The Morgan fingerprint density at radius 1 is 1.42 bits per heavy atom. The van der Waals surface area contributed by atoms with Gasteiger partial charge in [0.2, 0.25) is 5.91 Å². The van der Waals surface area contributed by atoms with Gasteiger partial charge in [-0.25, -0.2) is 0 Å². The molecule has 0 bridgehead atoms. The van der Waals surface area contributed by atoms with Crippen LogP contribution in [0.3, 0.4) is 0 Å². The second kappa shape index (κ2) is 6.91. The number of hydrogen-bond acceptors (Lipinski definition) is 3. The van der Waals surface area contributed by atoms with Crippen LogP contribution >= 0.6 is 0 Å². The van der Waals surface area contributed by atoms with Crippen LogP contribution in [-0.2, 0) is 16.0 Å². The summed E-state index contributed by atoms with van der Waals surface area (Å²) in [6.07, 6.45) is 0.682. The first kappa shape index (κ1) is 15.2. The lowest BCUT2D eigenvalue weighted by molar-refractivity contribution is -0.127. The summed E-state index contributed by atoms with van der Waals surface area (Å²) in [5.41, 5.74) is 0.0995. The average Bonchev–Trinajstić information content (AvgIpc) is 2.40. The average molecular weight is 260 g/mol. The molecule has 0 aliphatic rings. The maximum absolute atomic E-state index is 12.0. The molecule has 1 rings (SSSR count). The summed E-state index contributed by atoms with van der Waals surface area (Å²) < 4.78 is 5.13. The molecule has 0 aromatic heterocycles. The first-order valence-electron chi connectivity index (χ1n) is 6.24. The Labute approximate surface area is 114 Å². The smallest absolute Gasteiger partial charge is 0.240 e. The third kappa shape index (κ3) is 4.72. The molecule has 19 heavy (non-hydrogen) atoms. The van der Waals surface area contributed by atoms with Gasteiger partial charge in [0.15, 0.2) is 0 Å². The van der Waals surface area contributed by atoms with Gasteiger partial charge in [0.25, 0.3) is 0 Å². The van der Waals surface area contributed by atoms with Gasteiger partial charge >= 0.3 is 0 Å². The zero-order valence-corrected chi connectivity index (χ0v) is 11.6. The van der Waals surface area contributed by atoms with Crippen molar-refractivity contribution in [1.82, 2.24) is 5.32 Å². The molecule has 0 spiro atoms. The molecule has 0 aliphatic carbocycles. The SMILES string of the molecule is COC[C@@H](Cc1ccccc1)NC(=O)C(C)(C)C#N.